The Morgan fingerprint density at radius 3 is 2.56 bits per heavy atom. The lowest BCUT2D eigenvalue weighted by Gasteiger charge is -2.30. The zero-order valence-corrected chi connectivity index (χ0v) is 16.4. The number of carbonyl (C=O) groups excluding carboxylic acids is 1. The molecule has 0 radical (unpaired) electrons. The largest absolute Gasteiger partial charge is 0.389 e. The van der Waals surface area contributed by atoms with E-state index in [0.717, 1.165) is 36.6 Å². The fourth-order valence-corrected chi connectivity index (χ4v) is 2.86. The third-order valence-corrected chi connectivity index (χ3v) is 4.99. The van der Waals surface area contributed by atoms with Gasteiger partial charge in [-0.15, -0.1) is 0 Å². The monoisotopic (exact) mass is 349 g/mol. The number of aliphatic hydroxyl groups is 1. The van der Waals surface area contributed by atoms with Gasteiger partial charge in [0.15, 0.2) is 0 Å². The van der Waals surface area contributed by atoms with Crippen LogP contribution in [0.4, 0.5) is 5.82 Å². The van der Waals surface area contributed by atoms with Gasteiger partial charge in [-0.05, 0) is 41.0 Å². The number of anilines is 1. The van der Waals surface area contributed by atoms with E-state index in [9.17, 15) is 9.90 Å². The van der Waals surface area contributed by atoms with Gasteiger partial charge in [0.2, 0.25) is 5.82 Å². The van der Waals surface area contributed by atoms with Crippen molar-refractivity contribution in [1.29, 1.82) is 0 Å². The first-order valence-electron chi connectivity index (χ1n) is 8.81. The lowest BCUT2D eigenvalue weighted by atomic mass is 10.00. The average Bonchev–Trinajstić information content (AvgIpc) is 2.96. The van der Waals surface area contributed by atoms with Crippen LogP contribution in [0.15, 0.2) is 0 Å². The van der Waals surface area contributed by atoms with Gasteiger partial charge < -0.3 is 20.2 Å². The summed E-state index contributed by atoms with van der Waals surface area (Å²) in [5.74, 6) is 0.885. The molecule has 1 unspecified atom stereocenters. The maximum atomic E-state index is 12.2. The summed E-state index contributed by atoms with van der Waals surface area (Å²) in [7, 11) is 3.41. The number of aryl methyl sites for hydroxylation is 1. The highest BCUT2D eigenvalue weighted by atomic mass is 16.3. The quantitative estimate of drug-likeness (QED) is 0.829. The van der Waals surface area contributed by atoms with Gasteiger partial charge in [0, 0.05) is 50.5 Å². The molecule has 1 aromatic rings. The Morgan fingerprint density at radius 1 is 1.36 bits per heavy atom. The molecule has 0 saturated carbocycles. The minimum atomic E-state index is -0.764. The number of nitrogens with zero attached hydrogens (tertiary/aromatic N) is 4. The van der Waals surface area contributed by atoms with Crippen LogP contribution in [0.1, 0.15) is 49.1 Å². The first-order chi connectivity index (χ1) is 11.5. The summed E-state index contributed by atoms with van der Waals surface area (Å²) in [4.78, 5) is 24.8. The molecule has 0 bridgehead atoms. The number of rotatable bonds is 5. The van der Waals surface area contributed by atoms with E-state index in [2.05, 4.69) is 20.2 Å². The van der Waals surface area contributed by atoms with Crippen molar-refractivity contribution in [2.24, 2.45) is 0 Å². The highest BCUT2D eigenvalue weighted by molar-refractivity contribution is 5.90. The van der Waals surface area contributed by atoms with Crippen molar-refractivity contribution < 1.29 is 9.90 Å². The van der Waals surface area contributed by atoms with Crippen LogP contribution < -0.4 is 10.2 Å². The first kappa shape index (κ1) is 19.6. The molecule has 25 heavy (non-hydrogen) atoms. The van der Waals surface area contributed by atoms with Gasteiger partial charge in [0.05, 0.1) is 5.60 Å². The molecule has 1 amide bonds. The average molecular weight is 349 g/mol. The van der Waals surface area contributed by atoms with Crippen LogP contribution in [0.3, 0.4) is 0 Å². The second kappa shape index (κ2) is 7.25. The molecule has 0 spiro atoms. The van der Waals surface area contributed by atoms with Crippen molar-refractivity contribution >= 4 is 11.7 Å². The van der Waals surface area contributed by atoms with Crippen LogP contribution in [0.25, 0.3) is 0 Å². The summed E-state index contributed by atoms with van der Waals surface area (Å²) in [5, 5.41) is 13.6. The molecule has 1 aliphatic heterocycles. The summed E-state index contributed by atoms with van der Waals surface area (Å²) in [6, 6.07) is 0.278. The van der Waals surface area contributed by atoms with Gasteiger partial charge in [-0.3, -0.25) is 4.79 Å². The van der Waals surface area contributed by atoms with Gasteiger partial charge in [-0.25, -0.2) is 9.97 Å². The van der Waals surface area contributed by atoms with Crippen molar-refractivity contribution in [1.82, 2.24) is 20.2 Å². The van der Waals surface area contributed by atoms with E-state index in [1.807, 2.05) is 34.6 Å². The van der Waals surface area contributed by atoms with E-state index in [1.54, 1.807) is 14.1 Å². The molecule has 140 valence electrons. The van der Waals surface area contributed by atoms with Crippen LogP contribution in [0.2, 0.25) is 0 Å². The van der Waals surface area contributed by atoms with Crippen LogP contribution in [-0.2, 0) is 0 Å². The summed E-state index contributed by atoms with van der Waals surface area (Å²) >= 11 is 0. The number of hydrogen-bond donors (Lipinski definition) is 2. The van der Waals surface area contributed by atoms with E-state index >= 15 is 0 Å². The van der Waals surface area contributed by atoms with E-state index in [4.69, 9.17) is 0 Å². The van der Waals surface area contributed by atoms with Crippen molar-refractivity contribution in [3.05, 3.63) is 17.1 Å². The number of nitrogens with one attached hydrogen (secondary N) is 1. The maximum absolute atomic E-state index is 12.2. The molecule has 1 aliphatic rings. The molecule has 2 atom stereocenters. The fourth-order valence-electron chi connectivity index (χ4n) is 2.86. The Bertz CT molecular complexity index is 639. The number of aromatic nitrogens is 2. The molecular weight excluding hydrogens is 318 g/mol. The SMILES string of the molecule is Cc1nc(C(=O)N(C)C)nc(N2CC[C@@H](NC(C)C(C)(C)O)C2)c1C. The van der Waals surface area contributed by atoms with Gasteiger partial charge in [0.1, 0.15) is 5.82 Å². The molecular formula is C18H31N5O2. The standard InChI is InChI=1S/C18H31N5O2/c1-11-12(2)19-15(17(24)22(6)7)21-16(11)23-9-8-14(10-23)20-13(3)18(4,5)25/h13-14,20,25H,8-10H2,1-7H3/t13?,14-/m1/s1. The predicted molar refractivity (Wildman–Crippen MR) is 99.0 cm³/mol. The Labute approximate surface area is 150 Å². The van der Waals surface area contributed by atoms with Crippen molar-refractivity contribution in [2.75, 3.05) is 32.1 Å². The second-order valence-corrected chi connectivity index (χ2v) is 7.75. The smallest absolute Gasteiger partial charge is 0.291 e. The zero-order chi connectivity index (χ0) is 18.9. The lowest BCUT2D eigenvalue weighted by Crippen LogP contribution is -2.49. The lowest BCUT2D eigenvalue weighted by molar-refractivity contribution is 0.0407. The van der Waals surface area contributed by atoms with Gasteiger partial charge >= 0.3 is 0 Å². The Kier molecular flexibility index (Phi) is 5.68. The second-order valence-electron chi connectivity index (χ2n) is 7.75. The van der Waals surface area contributed by atoms with Crippen LogP contribution >= 0.6 is 0 Å². The highest BCUT2D eigenvalue weighted by Gasteiger charge is 2.30. The Hall–Kier alpha value is -1.73. The van der Waals surface area contributed by atoms with Gasteiger partial charge in [0.25, 0.3) is 5.91 Å². The minimum Gasteiger partial charge on any atom is -0.389 e. The number of amides is 1. The molecule has 2 heterocycles. The summed E-state index contributed by atoms with van der Waals surface area (Å²) in [6.45, 7) is 11.2. The molecule has 0 aliphatic carbocycles. The summed E-state index contributed by atoms with van der Waals surface area (Å²) in [5.41, 5.74) is 1.07. The van der Waals surface area contributed by atoms with Crippen LogP contribution in [-0.4, -0.2) is 70.8 Å². The van der Waals surface area contributed by atoms with Gasteiger partial charge in [-0.1, -0.05) is 0 Å². The molecule has 1 fully saturated rings. The van der Waals surface area contributed by atoms with Gasteiger partial charge in [-0.2, -0.15) is 0 Å². The first-order valence-corrected chi connectivity index (χ1v) is 8.81. The summed E-state index contributed by atoms with van der Waals surface area (Å²) < 4.78 is 0. The molecule has 0 aromatic carbocycles. The van der Waals surface area contributed by atoms with Crippen LogP contribution in [0.5, 0.6) is 0 Å². The van der Waals surface area contributed by atoms with E-state index in [-0.39, 0.29) is 23.8 Å². The number of hydrogen-bond acceptors (Lipinski definition) is 6. The fraction of sp³-hybridized carbons (Fsp3) is 0.722. The van der Waals surface area contributed by atoms with Crippen molar-refractivity contribution in [3.8, 4) is 0 Å². The molecule has 2 N–H and O–H groups in total. The molecule has 7 nitrogen and oxygen atoms in total. The maximum Gasteiger partial charge on any atom is 0.291 e. The van der Waals surface area contributed by atoms with Crippen molar-refractivity contribution in [3.63, 3.8) is 0 Å². The molecule has 2 rings (SSSR count). The molecule has 1 saturated heterocycles. The predicted octanol–water partition coefficient (Wildman–Crippen LogP) is 1.12. The Balaban J connectivity index is 2.18. The summed E-state index contributed by atoms with van der Waals surface area (Å²) in [6.07, 6.45) is 0.972. The normalized spacial score (nSPS) is 19.2. The zero-order valence-electron chi connectivity index (χ0n) is 16.4. The number of carbonyl (C=O) groups is 1. The van der Waals surface area contributed by atoms with E-state index in [0.29, 0.717) is 0 Å². The third kappa shape index (κ3) is 4.46. The topological polar surface area (TPSA) is 81.6 Å². The molecule has 7 heteroatoms. The highest BCUT2D eigenvalue weighted by Crippen LogP contribution is 2.25. The minimum absolute atomic E-state index is 0.00318. The van der Waals surface area contributed by atoms with Crippen molar-refractivity contribution in [2.45, 2.75) is 58.7 Å². The van der Waals surface area contributed by atoms with E-state index < -0.39 is 5.60 Å². The third-order valence-electron chi connectivity index (χ3n) is 4.99. The Morgan fingerprint density at radius 2 is 2.00 bits per heavy atom. The van der Waals surface area contributed by atoms with E-state index in [1.165, 1.54) is 4.90 Å². The van der Waals surface area contributed by atoms with Crippen LogP contribution in [0, 0.1) is 13.8 Å². The molecule has 1 aromatic heterocycles.